The zero-order valence-corrected chi connectivity index (χ0v) is 18.3. The summed E-state index contributed by atoms with van der Waals surface area (Å²) in [7, 11) is 1.60. The molecule has 1 atom stereocenters. The molecule has 1 saturated heterocycles. The maximum absolute atomic E-state index is 13.3. The second-order valence-corrected chi connectivity index (χ2v) is 7.72. The number of para-hydroxylation sites is 2. The van der Waals surface area contributed by atoms with Crippen LogP contribution < -0.4 is 15.0 Å². The van der Waals surface area contributed by atoms with Gasteiger partial charge in [-0.1, -0.05) is 48.5 Å². The van der Waals surface area contributed by atoms with Crippen LogP contribution in [0.1, 0.15) is 12.0 Å². The Hall–Kier alpha value is -4.13. The van der Waals surface area contributed by atoms with Crippen molar-refractivity contribution in [3.63, 3.8) is 0 Å². The van der Waals surface area contributed by atoms with Gasteiger partial charge in [0.1, 0.15) is 11.8 Å². The lowest BCUT2D eigenvalue weighted by Gasteiger charge is -2.21. The van der Waals surface area contributed by atoms with Crippen molar-refractivity contribution < 1.29 is 19.1 Å². The van der Waals surface area contributed by atoms with Gasteiger partial charge in [-0.25, -0.2) is 9.69 Å². The van der Waals surface area contributed by atoms with Crippen LogP contribution in [-0.4, -0.2) is 42.4 Å². The van der Waals surface area contributed by atoms with E-state index in [1.807, 2.05) is 48.5 Å². The van der Waals surface area contributed by atoms with Crippen LogP contribution in [0, 0.1) is 0 Å². The summed E-state index contributed by atoms with van der Waals surface area (Å²) in [5.74, 6) is 0.0257. The summed E-state index contributed by atoms with van der Waals surface area (Å²) >= 11 is 0. The minimum atomic E-state index is -0.875. The Balaban J connectivity index is 1.53. The first-order chi connectivity index (χ1) is 16.1. The highest BCUT2D eigenvalue weighted by Crippen LogP contribution is 2.27. The molecule has 4 rings (SSSR count). The standard InChI is InChI=1S/C26H25N3O4/c1-33-22-14-12-19(13-15-22)16-17-28-23(18-24(30)27-20-8-4-2-5-9-20)25(31)29(26(28)32)21-10-6-3-7-11-21/h2-15,23H,16-18H2,1H3,(H,27,30)/t23-/m1/s1. The van der Waals surface area contributed by atoms with E-state index in [4.69, 9.17) is 4.74 Å². The van der Waals surface area contributed by atoms with Crippen LogP contribution in [0.15, 0.2) is 84.9 Å². The van der Waals surface area contributed by atoms with Crippen LogP contribution in [0.5, 0.6) is 5.75 Å². The number of ether oxygens (including phenoxy) is 1. The van der Waals surface area contributed by atoms with E-state index < -0.39 is 18.0 Å². The molecule has 7 nitrogen and oxygen atoms in total. The van der Waals surface area contributed by atoms with E-state index in [-0.39, 0.29) is 12.3 Å². The Bertz CT molecular complexity index is 1120. The lowest BCUT2D eigenvalue weighted by Crippen LogP contribution is -2.39. The van der Waals surface area contributed by atoms with E-state index in [0.29, 0.717) is 24.3 Å². The summed E-state index contributed by atoms with van der Waals surface area (Å²) in [5, 5.41) is 2.80. The van der Waals surface area contributed by atoms with Gasteiger partial charge >= 0.3 is 6.03 Å². The molecule has 3 aromatic carbocycles. The number of nitrogens with zero attached hydrogens (tertiary/aromatic N) is 2. The molecule has 0 unspecified atom stereocenters. The normalized spacial score (nSPS) is 15.6. The number of imide groups is 1. The summed E-state index contributed by atoms with van der Waals surface area (Å²) in [5.41, 5.74) is 2.14. The van der Waals surface area contributed by atoms with E-state index in [1.54, 1.807) is 43.5 Å². The molecule has 3 aromatic rings. The van der Waals surface area contributed by atoms with Gasteiger partial charge in [0.15, 0.2) is 0 Å². The number of nitrogens with one attached hydrogen (secondary N) is 1. The molecule has 1 N–H and O–H groups in total. The first kappa shape index (κ1) is 22.1. The van der Waals surface area contributed by atoms with Crippen molar-refractivity contribution in [3.05, 3.63) is 90.5 Å². The molecule has 33 heavy (non-hydrogen) atoms. The Kier molecular flexibility index (Phi) is 6.69. The Morgan fingerprint density at radius 1 is 0.909 bits per heavy atom. The zero-order valence-electron chi connectivity index (χ0n) is 18.3. The van der Waals surface area contributed by atoms with Crippen LogP contribution in [0.2, 0.25) is 0 Å². The Morgan fingerprint density at radius 2 is 1.55 bits per heavy atom. The van der Waals surface area contributed by atoms with Gasteiger partial charge in [-0.15, -0.1) is 0 Å². The van der Waals surface area contributed by atoms with Gasteiger partial charge in [0.25, 0.3) is 5.91 Å². The van der Waals surface area contributed by atoms with Gasteiger partial charge in [-0.2, -0.15) is 0 Å². The fourth-order valence-electron chi connectivity index (χ4n) is 3.85. The Labute approximate surface area is 192 Å². The average Bonchev–Trinajstić information content (AvgIpc) is 3.07. The van der Waals surface area contributed by atoms with Gasteiger partial charge in [-0.05, 0) is 48.4 Å². The average molecular weight is 444 g/mol. The van der Waals surface area contributed by atoms with E-state index in [9.17, 15) is 14.4 Å². The molecule has 0 aliphatic carbocycles. The predicted molar refractivity (Wildman–Crippen MR) is 126 cm³/mol. The molecule has 0 saturated carbocycles. The Morgan fingerprint density at radius 3 is 2.18 bits per heavy atom. The number of rotatable bonds is 8. The summed E-state index contributed by atoms with van der Waals surface area (Å²) in [6.45, 7) is 0.309. The van der Waals surface area contributed by atoms with E-state index in [2.05, 4.69) is 5.32 Å². The van der Waals surface area contributed by atoms with Crippen molar-refractivity contribution in [1.82, 2.24) is 4.90 Å². The number of hydrogen-bond acceptors (Lipinski definition) is 4. The molecule has 7 heteroatoms. The van der Waals surface area contributed by atoms with Gasteiger partial charge in [0.05, 0.1) is 19.2 Å². The summed E-state index contributed by atoms with van der Waals surface area (Å²) in [6.07, 6.45) is 0.424. The summed E-state index contributed by atoms with van der Waals surface area (Å²) in [6, 6.07) is 24.1. The molecule has 0 radical (unpaired) electrons. The maximum atomic E-state index is 13.3. The third kappa shape index (κ3) is 5.03. The first-order valence-electron chi connectivity index (χ1n) is 10.7. The van der Waals surface area contributed by atoms with Gasteiger partial charge < -0.3 is 15.0 Å². The molecule has 1 heterocycles. The fraction of sp³-hybridized carbons (Fsp3) is 0.192. The molecule has 4 amide bonds. The molecule has 1 aliphatic rings. The number of benzene rings is 3. The molecule has 0 aromatic heterocycles. The number of hydrogen-bond donors (Lipinski definition) is 1. The number of amides is 4. The van der Waals surface area contributed by atoms with Crippen molar-refractivity contribution in [2.24, 2.45) is 0 Å². The highest BCUT2D eigenvalue weighted by molar-refractivity contribution is 6.22. The van der Waals surface area contributed by atoms with E-state index in [0.717, 1.165) is 16.2 Å². The van der Waals surface area contributed by atoms with Crippen molar-refractivity contribution >= 4 is 29.2 Å². The number of carbonyl (C=O) groups excluding carboxylic acids is 3. The van der Waals surface area contributed by atoms with Crippen molar-refractivity contribution in [1.29, 1.82) is 0 Å². The first-order valence-corrected chi connectivity index (χ1v) is 10.7. The van der Waals surface area contributed by atoms with Crippen LogP contribution >= 0.6 is 0 Å². The number of carbonyl (C=O) groups is 3. The SMILES string of the molecule is COc1ccc(CCN2C(=O)N(c3ccccc3)C(=O)[C@H]2CC(=O)Nc2ccccc2)cc1. The monoisotopic (exact) mass is 443 g/mol. The second kappa shape index (κ2) is 9.99. The molecule has 0 bridgehead atoms. The number of urea groups is 1. The smallest absolute Gasteiger partial charge is 0.332 e. The lowest BCUT2D eigenvalue weighted by atomic mass is 10.1. The molecule has 0 spiro atoms. The van der Waals surface area contributed by atoms with Gasteiger partial charge in [0, 0.05) is 12.2 Å². The van der Waals surface area contributed by atoms with Gasteiger partial charge in [-0.3, -0.25) is 9.59 Å². The molecular weight excluding hydrogens is 418 g/mol. The number of anilines is 2. The third-order valence-corrected chi connectivity index (χ3v) is 5.57. The quantitative estimate of drug-likeness (QED) is 0.532. The largest absolute Gasteiger partial charge is 0.497 e. The summed E-state index contributed by atoms with van der Waals surface area (Å²) in [4.78, 5) is 41.9. The van der Waals surface area contributed by atoms with E-state index in [1.165, 1.54) is 4.90 Å². The molecule has 1 aliphatic heterocycles. The van der Waals surface area contributed by atoms with Crippen molar-refractivity contribution in [2.45, 2.75) is 18.9 Å². The van der Waals surface area contributed by atoms with E-state index >= 15 is 0 Å². The lowest BCUT2D eigenvalue weighted by molar-refractivity contribution is -0.124. The molecule has 1 fully saturated rings. The zero-order chi connectivity index (χ0) is 23.2. The topological polar surface area (TPSA) is 79.0 Å². The van der Waals surface area contributed by atoms with Crippen molar-refractivity contribution in [3.8, 4) is 5.75 Å². The second-order valence-electron chi connectivity index (χ2n) is 7.72. The van der Waals surface area contributed by atoms with Crippen LogP contribution in [0.3, 0.4) is 0 Å². The molecule has 168 valence electrons. The fourth-order valence-corrected chi connectivity index (χ4v) is 3.85. The van der Waals surface area contributed by atoms with Crippen molar-refractivity contribution in [2.75, 3.05) is 23.9 Å². The maximum Gasteiger partial charge on any atom is 0.332 e. The highest BCUT2D eigenvalue weighted by Gasteiger charge is 2.46. The number of methoxy groups -OCH3 is 1. The predicted octanol–water partition coefficient (Wildman–Crippen LogP) is 4.10. The van der Waals surface area contributed by atoms with Gasteiger partial charge in [0.2, 0.25) is 5.91 Å². The highest BCUT2D eigenvalue weighted by atomic mass is 16.5. The molecular formula is C26H25N3O4. The van der Waals surface area contributed by atoms with Crippen LogP contribution in [0.4, 0.5) is 16.2 Å². The van der Waals surface area contributed by atoms with Crippen LogP contribution in [0.25, 0.3) is 0 Å². The summed E-state index contributed by atoms with van der Waals surface area (Å²) < 4.78 is 5.19. The third-order valence-electron chi connectivity index (χ3n) is 5.57. The van der Waals surface area contributed by atoms with Crippen LogP contribution in [-0.2, 0) is 16.0 Å². The minimum absolute atomic E-state index is 0.120. The minimum Gasteiger partial charge on any atom is -0.497 e.